The molecule has 0 saturated carbocycles. The van der Waals surface area contributed by atoms with E-state index in [1.807, 2.05) is 0 Å². The lowest BCUT2D eigenvalue weighted by Gasteiger charge is -2.01. The standard InChI is InChI=1S/C9H14O4/c1-7(9(11)13-3)5-4-6-8(10)12-2/h4-5,7H,6H2,1-3H3. The molecule has 13 heavy (non-hydrogen) atoms. The molecule has 0 aromatic carbocycles. The molecule has 0 radical (unpaired) electrons. The quantitative estimate of drug-likeness (QED) is 0.484. The third-order valence-electron chi connectivity index (χ3n) is 1.51. The number of esters is 2. The maximum absolute atomic E-state index is 10.9. The zero-order valence-corrected chi connectivity index (χ0v) is 8.07. The molecule has 0 N–H and O–H groups in total. The maximum atomic E-state index is 10.9. The smallest absolute Gasteiger partial charge is 0.312 e. The summed E-state index contributed by atoms with van der Waals surface area (Å²) in [6.07, 6.45) is 3.38. The van der Waals surface area contributed by atoms with E-state index in [4.69, 9.17) is 0 Å². The molecule has 0 aliphatic carbocycles. The lowest BCUT2D eigenvalue weighted by atomic mass is 10.1. The first-order valence-corrected chi connectivity index (χ1v) is 3.93. The Labute approximate surface area is 77.5 Å². The monoisotopic (exact) mass is 186 g/mol. The molecular formula is C9H14O4. The molecule has 0 fully saturated rings. The Hall–Kier alpha value is -1.32. The van der Waals surface area contributed by atoms with Gasteiger partial charge >= 0.3 is 11.9 Å². The van der Waals surface area contributed by atoms with Crippen LogP contribution in [-0.2, 0) is 19.1 Å². The Morgan fingerprint density at radius 2 is 1.92 bits per heavy atom. The molecule has 0 aromatic rings. The van der Waals surface area contributed by atoms with Crippen molar-refractivity contribution in [3.05, 3.63) is 12.2 Å². The Bertz CT molecular complexity index is 208. The van der Waals surface area contributed by atoms with Gasteiger partial charge in [0.05, 0.1) is 26.6 Å². The molecule has 0 aliphatic heterocycles. The SMILES string of the molecule is COC(=O)CC=CC(C)C(=O)OC. The fourth-order valence-electron chi connectivity index (χ4n) is 0.716. The van der Waals surface area contributed by atoms with Crippen molar-refractivity contribution in [2.45, 2.75) is 13.3 Å². The van der Waals surface area contributed by atoms with E-state index in [0.29, 0.717) is 0 Å². The average molecular weight is 186 g/mol. The van der Waals surface area contributed by atoms with Gasteiger partial charge < -0.3 is 9.47 Å². The molecule has 0 rings (SSSR count). The van der Waals surface area contributed by atoms with E-state index in [9.17, 15) is 9.59 Å². The molecule has 74 valence electrons. The molecule has 0 bridgehead atoms. The molecule has 0 saturated heterocycles. The summed E-state index contributed by atoms with van der Waals surface area (Å²) in [5.41, 5.74) is 0. The zero-order valence-electron chi connectivity index (χ0n) is 8.07. The summed E-state index contributed by atoms with van der Waals surface area (Å²) in [5.74, 6) is -0.968. The minimum atomic E-state index is -0.326. The van der Waals surface area contributed by atoms with Crippen molar-refractivity contribution in [3.8, 4) is 0 Å². The van der Waals surface area contributed by atoms with Gasteiger partial charge in [-0.25, -0.2) is 0 Å². The molecule has 0 aliphatic rings. The summed E-state index contributed by atoms with van der Waals surface area (Å²) < 4.78 is 8.90. The number of carbonyl (C=O) groups is 2. The van der Waals surface area contributed by atoms with Crippen molar-refractivity contribution in [1.82, 2.24) is 0 Å². The Balaban J connectivity index is 3.84. The van der Waals surface area contributed by atoms with Gasteiger partial charge in [0, 0.05) is 0 Å². The van der Waals surface area contributed by atoms with Crippen LogP contribution in [0.15, 0.2) is 12.2 Å². The topological polar surface area (TPSA) is 52.6 Å². The van der Waals surface area contributed by atoms with Crippen LogP contribution in [0.2, 0.25) is 0 Å². The van der Waals surface area contributed by atoms with Gasteiger partial charge in [0.2, 0.25) is 0 Å². The van der Waals surface area contributed by atoms with Gasteiger partial charge in [-0.05, 0) is 6.92 Å². The molecule has 0 heterocycles. The summed E-state index contributed by atoms with van der Waals surface area (Å²) in [4.78, 5) is 21.5. The van der Waals surface area contributed by atoms with Crippen molar-refractivity contribution in [2.75, 3.05) is 14.2 Å². The van der Waals surface area contributed by atoms with Crippen LogP contribution < -0.4 is 0 Å². The molecule has 0 spiro atoms. The van der Waals surface area contributed by atoms with Crippen molar-refractivity contribution in [2.24, 2.45) is 5.92 Å². The van der Waals surface area contributed by atoms with Crippen LogP contribution in [0.5, 0.6) is 0 Å². The second-order valence-electron chi connectivity index (χ2n) is 2.52. The summed E-state index contributed by atoms with van der Waals surface area (Å²) in [5, 5.41) is 0. The minimum absolute atomic E-state index is 0.178. The first-order valence-electron chi connectivity index (χ1n) is 3.93. The van der Waals surface area contributed by atoms with Crippen LogP contribution >= 0.6 is 0 Å². The van der Waals surface area contributed by atoms with Crippen LogP contribution in [-0.4, -0.2) is 26.2 Å². The fourth-order valence-corrected chi connectivity index (χ4v) is 0.716. The Kier molecular flexibility index (Phi) is 5.59. The van der Waals surface area contributed by atoms with Crippen LogP contribution in [0.1, 0.15) is 13.3 Å². The van der Waals surface area contributed by atoms with E-state index in [-0.39, 0.29) is 24.3 Å². The zero-order chi connectivity index (χ0) is 10.3. The van der Waals surface area contributed by atoms with Gasteiger partial charge in [0.1, 0.15) is 0 Å². The molecule has 1 unspecified atom stereocenters. The maximum Gasteiger partial charge on any atom is 0.312 e. The Morgan fingerprint density at radius 1 is 1.31 bits per heavy atom. The van der Waals surface area contributed by atoms with E-state index in [1.54, 1.807) is 19.1 Å². The number of hydrogen-bond donors (Lipinski definition) is 0. The highest BCUT2D eigenvalue weighted by Gasteiger charge is 2.08. The first-order chi connectivity index (χ1) is 6.11. The highest BCUT2D eigenvalue weighted by Crippen LogP contribution is 2.00. The van der Waals surface area contributed by atoms with Gasteiger partial charge in [-0.2, -0.15) is 0 Å². The largest absolute Gasteiger partial charge is 0.469 e. The summed E-state index contributed by atoms with van der Waals surface area (Å²) in [6, 6.07) is 0. The fraction of sp³-hybridized carbons (Fsp3) is 0.556. The van der Waals surface area contributed by atoms with Gasteiger partial charge in [0.25, 0.3) is 0 Å². The van der Waals surface area contributed by atoms with E-state index >= 15 is 0 Å². The number of rotatable bonds is 4. The second kappa shape index (κ2) is 6.22. The molecule has 4 heteroatoms. The molecule has 0 amide bonds. The predicted molar refractivity (Wildman–Crippen MR) is 47.0 cm³/mol. The van der Waals surface area contributed by atoms with Crippen molar-refractivity contribution >= 4 is 11.9 Å². The third kappa shape index (κ3) is 5.00. The first kappa shape index (κ1) is 11.7. The van der Waals surface area contributed by atoms with Crippen molar-refractivity contribution in [3.63, 3.8) is 0 Å². The summed E-state index contributed by atoms with van der Waals surface area (Å²) in [6.45, 7) is 1.69. The van der Waals surface area contributed by atoms with E-state index < -0.39 is 0 Å². The highest BCUT2D eigenvalue weighted by atomic mass is 16.5. The molecule has 4 nitrogen and oxygen atoms in total. The minimum Gasteiger partial charge on any atom is -0.469 e. The van der Waals surface area contributed by atoms with E-state index in [1.165, 1.54) is 14.2 Å². The van der Waals surface area contributed by atoms with Crippen LogP contribution in [0, 0.1) is 5.92 Å². The van der Waals surface area contributed by atoms with Crippen molar-refractivity contribution < 1.29 is 19.1 Å². The van der Waals surface area contributed by atoms with Crippen LogP contribution in [0.25, 0.3) is 0 Å². The number of carbonyl (C=O) groups excluding carboxylic acids is 2. The van der Waals surface area contributed by atoms with Gasteiger partial charge in [0.15, 0.2) is 0 Å². The van der Waals surface area contributed by atoms with E-state index in [2.05, 4.69) is 9.47 Å². The number of ether oxygens (including phenoxy) is 2. The van der Waals surface area contributed by atoms with Gasteiger partial charge in [-0.3, -0.25) is 9.59 Å². The molecule has 0 aromatic heterocycles. The van der Waals surface area contributed by atoms with E-state index in [0.717, 1.165) is 0 Å². The third-order valence-corrected chi connectivity index (χ3v) is 1.51. The van der Waals surface area contributed by atoms with Gasteiger partial charge in [-0.1, -0.05) is 12.2 Å². The number of hydrogen-bond acceptors (Lipinski definition) is 4. The Morgan fingerprint density at radius 3 is 2.38 bits per heavy atom. The average Bonchev–Trinajstić information content (AvgIpc) is 2.15. The lowest BCUT2D eigenvalue weighted by molar-refractivity contribution is -0.143. The predicted octanol–water partition coefficient (Wildman–Crippen LogP) is 0.915. The molecule has 1 atom stereocenters. The summed E-state index contributed by atoms with van der Waals surface area (Å²) in [7, 11) is 2.65. The van der Waals surface area contributed by atoms with Crippen molar-refractivity contribution in [1.29, 1.82) is 0 Å². The van der Waals surface area contributed by atoms with Crippen LogP contribution in [0.4, 0.5) is 0 Å². The van der Waals surface area contributed by atoms with Crippen LogP contribution in [0.3, 0.4) is 0 Å². The van der Waals surface area contributed by atoms with Gasteiger partial charge in [-0.15, -0.1) is 0 Å². The lowest BCUT2D eigenvalue weighted by Crippen LogP contribution is -2.10. The molecular weight excluding hydrogens is 172 g/mol. The summed E-state index contributed by atoms with van der Waals surface area (Å²) >= 11 is 0. The normalized spacial score (nSPS) is 12.5. The second-order valence-corrected chi connectivity index (χ2v) is 2.52. The highest BCUT2D eigenvalue weighted by molar-refractivity contribution is 5.74. The number of methoxy groups -OCH3 is 2.